The summed E-state index contributed by atoms with van der Waals surface area (Å²) < 4.78 is 29.6. The first kappa shape index (κ1) is 19.4. The first-order chi connectivity index (χ1) is 12.5. The molecule has 2 aromatic rings. The van der Waals surface area contributed by atoms with Gasteiger partial charge in [0.2, 0.25) is 0 Å². The van der Waals surface area contributed by atoms with Gasteiger partial charge in [-0.05, 0) is 36.8 Å². The molecule has 0 saturated heterocycles. The maximum Gasteiger partial charge on any atom is 0.189 e. The van der Waals surface area contributed by atoms with E-state index >= 15 is 0 Å². The van der Waals surface area contributed by atoms with E-state index in [1.165, 1.54) is 6.07 Å². The van der Waals surface area contributed by atoms with E-state index in [0.717, 1.165) is 5.56 Å². The molecular weight excluding hydrogens is 337 g/mol. The summed E-state index contributed by atoms with van der Waals surface area (Å²) in [6, 6.07) is 11.8. The lowest BCUT2D eigenvalue weighted by Crippen LogP contribution is -2.38. The molecule has 1 unspecified atom stereocenters. The zero-order valence-electron chi connectivity index (χ0n) is 15.2. The molecule has 0 aliphatic carbocycles. The topological polar surface area (TPSA) is 78.1 Å². The monoisotopic (exact) mass is 361 g/mol. The molecule has 0 aliphatic rings. The van der Waals surface area contributed by atoms with E-state index < -0.39 is 5.82 Å². The van der Waals surface area contributed by atoms with Crippen LogP contribution in [0.3, 0.4) is 0 Å². The van der Waals surface area contributed by atoms with Gasteiger partial charge in [-0.2, -0.15) is 0 Å². The molecule has 3 N–H and O–H groups in total. The molecule has 0 amide bonds. The van der Waals surface area contributed by atoms with Crippen LogP contribution in [0, 0.1) is 5.82 Å². The number of nitrogens with one attached hydrogen (secondary N) is 1. The van der Waals surface area contributed by atoms with Gasteiger partial charge < -0.3 is 25.3 Å². The van der Waals surface area contributed by atoms with Gasteiger partial charge in [0.25, 0.3) is 0 Å². The van der Waals surface area contributed by atoms with Gasteiger partial charge in [-0.15, -0.1) is 0 Å². The van der Waals surface area contributed by atoms with Crippen LogP contribution in [0.4, 0.5) is 4.39 Å². The number of rotatable bonds is 8. The van der Waals surface area contributed by atoms with Crippen molar-refractivity contribution < 1.29 is 18.6 Å². The summed E-state index contributed by atoms with van der Waals surface area (Å²) in [6.45, 7) is 2.61. The first-order valence-electron chi connectivity index (χ1n) is 8.19. The van der Waals surface area contributed by atoms with Gasteiger partial charge in [0, 0.05) is 0 Å². The summed E-state index contributed by atoms with van der Waals surface area (Å²) in [5.74, 6) is 1.39. The Kier molecular flexibility index (Phi) is 7.08. The Morgan fingerprint density at radius 3 is 2.54 bits per heavy atom. The Hall–Kier alpha value is -2.96. The molecule has 140 valence electrons. The summed E-state index contributed by atoms with van der Waals surface area (Å²) in [7, 11) is 3.17. The van der Waals surface area contributed by atoms with Crippen molar-refractivity contribution in [2.75, 3.05) is 20.8 Å². The third-order valence-electron chi connectivity index (χ3n) is 3.62. The number of nitrogens with two attached hydrogens (primary N) is 1. The molecule has 26 heavy (non-hydrogen) atoms. The highest BCUT2D eigenvalue weighted by molar-refractivity contribution is 5.77. The molecule has 0 spiro atoms. The minimum Gasteiger partial charge on any atom is -0.493 e. The molecule has 0 aliphatic heterocycles. The van der Waals surface area contributed by atoms with Gasteiger partial charge in [0.1, 0.15) is 6.10 Å². The van der Waals surface area contributed by atoms with Crippen LogP contribution in [0.5, 0.6) is 17.2 Å². The Labute approximate surface area is 152 Å². The lowest BCUT2D eigenvalue weighted by atomic mass is 10.2. The van der Waals surface area contributed by atoms with Crippen LogP contribution in [0.2, 0.25) is 0 Å². The molecule has 1 atom stereocenters. The fourth-order valence-corrected chi connectivity index (χ4v) is 2.26. The normalized spacial score (nSPS) is 12.4. The number of ether oxygens (including phenoxy) is 3. The van der Waals surface area contributed by atoms with Crippen molar-refractivity contribution in [1.29, 1.82) is 0 Å². The van der Waals surface area contributed by atoms with E-state index in [4.69, 9.17) is 19.9 Å². The van der Waals surface area contributed by atoms with Crippen molar-refractivity contribution in [1.82, 2.24) is 5.32 Å². The fourth-order valence-electron chi connectivity index (χ4n) is 2.26. The number of aliphatic imine (C=N–C) groups is 1. The number of methoxy groups -OCH3 is 2. The summed E-state index contributed by atoms with van der Waals surface area (Å²) in [5, 5.41) is 2.97. The quantitative estimate of drug-likeness (QED) is 0.558. The van der Waals surface area contributed by atoms with Gasteiger partial charge in [-0.3, -0.25) is 0 Å². The fraction of sp³-hybridized carbons (Fsp3) is 0.316. The number of halogens is 1. The number of benzene rings is 2. The van der Waals surface area contributed by atoms with E-state index in [9.17, 15) is 4.39 Å². The maximum absolute atomic E-state index is 13.6. The minimum absolute atomic E-state index is 0.211. The van der Waals surface area contributed by atoms with E-state index in [2.05, 4.69) is 10.3 Å². The van der Waals surface area contributed by atoms with Crippen LogP contribution in [-0.4, -0.2) is 32.8 Å². The second-order valence-corrected chi connectivity index (χ2v) is 5.63. The Balaban J connectivity index is 1.85. The van der Waals surface area contributed by atoms with Crippen LogP contribution in [0.25, 0.3) is 0 Å². The summed E-state index contributed by atoms with van der Waals surface area (Å²) in [6.07, 6.45) is -0.276. The van der Waals surface area contributed by atoms with Crippen molar-refractivity contribution in [2.24, 2.45) is 10.7 Å². The molecule has 7 heteroatoms. The van der Waals surface area contributed by atoms with Gasteiger partial charge >= 0.3 is 0 Å². The Bertz CT molecular complexity index is 753. The van der Waals surface area contributed by atoms with E-state index in [0.29, 0.717) is 24.6 Å². The van der Waals surface area contributed by atoms with Crippen LogP contribution < -0.4 is 25.3 Å². The highest BCUT2D eigenvalue weighted by Gasteiger charge is 2.08. The predicted octanol–water partition coefficient (Wildman–Crippen LogP) is 2.71. The number of hydrogen-bond donors (Lipinski definition) is 2. The SMILES string of the molecule is COc1ccc(CN=C(N)NCC(C)Oc2ccccc2F)cc1OC. The lowest BCUT2D eigenvalue weighted by Gasteiger charge is -2.16. The van der Waals surface area contributed by atoms with Crippen LogP contribution in [-0.2, 0) is 6.54 Å². The Morgan fingerprint density at radius 1 is 1.12 bits per heavy atom. The largest absolute Gasteiger partial charge is 0.493 e. The van der Waals surface area contributed by atoms with E-state index in [1.54, 1.807) is 32.4 Å². The average molecular weight is 361 g/mol. The predicted molar refractivity (Wildman–Crippen MR) is 99.4 cm³/mol. The number of hydrogen-bond acceptors (Lipinski definition) is 4. The zero-order chi connectivity index (χ0) is 18.9. The van der Waals surface area contributed by atoms with Crippen molar-refractivity contribution in [2.45, 2.75) is 19.6 Å². The zero-order valence-corrected chi connectivity index (χ0v) is 15.2. The van der Waals surface area contributed by atoms with Crippen LogP contribution in [0.15, 0.2) is 47.5 Å². The molecule has 0 saturated carbocycles. The van der Waals surface area contributed by atoms with Crippen LogP contribution >= 0.6 is 0 Å². The molecule has 0 heterocycles. The summed E-state index contributed by atoms with van der Waals surface area (Å²) >= 11 is 0. The molecule has 2 aromatic carbocycles. The van der Waals surface area contributed by atoms with Crippen molar-refractivity contribution in [3.8, 4) is 17.2 Å². The van der Waals surface area contributed by atoms with Gasteiger partial charge in [-0.1, -0.05) is 18.2 Å². The molecular formula is C19H24FN3O3. The second kappa shape index (κ2) is 9.50. The molecule has 6 nitrogen and oxygen atoms in total. The van der Waals surface area contributed by atoms with Crippen molar-refractivity contribution in [3.63, 3.8) is 0 Å². The highest BCUT2D eigenvalue weighted by Crippen LogP contribution is 2.27. The van der Waals surface area contributed by atoms with Gasteiger partial charge in [0.15, 0.2) is 29.0 Å². The van der Waals surface area contributed by atoms with E-state index in [1.807, 2.05) is 25.1 Å². The summed E-state index contributed by atoms with van der Waals surface area (Å²) in [4.78, 5) is 4.28. The van der Waals surface area contributed by atoms with Crippen molar-refractivity contribution in [3.05, 3.63) is 53.8 Å². The number of nitrogens with zero attached hydrogens (tertiary/aromatic N) is 1. The molecule has 0 aromatic heterocycles. The minimum atomic E-state index is -0.394. The summed E-state index contributed by atoms with van der Waals surface area (Å²) in [5.41, 5.74) is 6.81. The van der Waals surface area contributed by atoms with E-state index in [-0.39, 0.29) is 17.8 Å². The Morgan fingerprint density at radius 2 is 1.85 bits per heavy atom. The van der Waals surface area contributed by atoms with Gasteiger partial charge in [0.05, 0.1) is 27.3 Å². The number of para-hydroxylation sites is 1. The van der Waals surface area contributed by atoms with Crippen LogP contribution in [0.1, 0.15) is 12.5 Å². The molecule has 0 fully saturated rings. The average Bonchev–Trinajstić information content (AvgIpc) is 2.66. The highest BCUT2D eigenvalue weighted by atomic mass is 19.1. The second-order valence-electron chi connectivity index (χ2n) is 5.63. The van der Waals surface area contributed by atoms with Crippen molar-refractivity contribution >= 4 is 5.96 Å². The third kappa shape index (κ3) is 5.54. The number of guanidine groups is 1. The first-order valence-corrected chi connectivity index (χ1v) is 8.19. The lowest BCUT2D eigenvalue weighted by molar-refractivity contribution is 0.214. The molecule has 0 bridgehead atoms. The van der Waals surface area contributed by atoms with Gasteiger partial charge in [-0.25, -0.2) is 9.38 Å². The maximum atomic E-state index is 13.6. The third-order valence-corrected chi connectivity index (χ3v) is 3.62. The standard InChI is InChI=1S/C19H24FN3O3/c1-13(26-16-7-5-4-6-15(16)20)11-22-19(21)23-12-14-8-9-17(24-2)18(10-14)25-3/h4-10,13H,11-12H2,1-3H3,(H3,21,22,23). The smallest absolute Gasteiger partial charge is 0.189 e. The molecule has 0 radical (unpaired) electrons. The molecule has 2 rings (SSSR count).